The molecule has 0 radical (unpaired) electrons. The minimum absolute atomic E-state index is 0. The van der Waals surface area contributed by atoms with Crippen molar-refractivity contribution >= 4 is 30.0 Å². The van der Waals surface area contributed by atoms with Gasteiger partial charge < -0.3 is 14.7 Å². The van der Waals surface area contributed by atoms with Crippen molar-refractivity contribution < 1.29 is 19.4 Å². The van der Waals surface area contributed by atoms with Gasteiger partial charge in [0.25, 0.3) is 0 Å². The standard InChI is InChI=1S/C16H20N2O4.ClH/c19-15-9-13(16(20)21)11-18(15)14-3-1-12(2-4-14)10-17-5-7-22-8-6-17;/h1-4,13H,5-11H2,(H,20,21);1H. The molecular weight excluding hydrogens is 320 g/mol. The van der Waals surface area contributed by atoms with E-state index in [1.54, 1.807) is 4.90 Å². The van der Waals surface area contributed by atoms with Crippen molar-refractivity contribution in [1.82, 2.24) is 4.90 Å². The van der Waals surface area contributed by atoms with Crippen LogP contribution in [0.3, 0.4) is 0 Å². The Labute approximate surface area is 141 Å². The second-order valence-electron chi connectivity index (χ2n) is 5.80. The van der Waals surface area contributed by atoms with E-state index in [2.05, 4.69) is 4.90 Å². The molecule has 1 amide bonds. The molecule has 1 aromatic carbocycles. The summed E-state index contributed by atoms with van der Waals surface area (Å²) in [6.07, 6.45) is 0.0882. The van der Waals surface area contributed by atoms with Gasteiger partial charge in [-0.05, 0) is 17.7 Å². The van der Waals surface area contributed by atoms with Crippen LogP contribution in [0.1, 0.15) is 12.0 Å². The number of rotatable bonds is 4. The maximum Gasteiger partial charge on any atom is 0.308 e. The van der Waals surface area contributed by atoms with Crippen molar-refractivity contribution in [3.63, 3.8) is 0 Å². The van der Waals surface area contributed by atoms with Crippen molar-refractivity contribution in [2.75, 3.05) is 37.7 Å². The van der Waals surface area contributed by atoms with E-state index in [1.807, 2.05) is 24.3 Å². The number of aliphatic carboxylic acids is 1. The third-order valence-electron chi connectivity index (χ3n) is 4.23. The summed E-state index contributed by atoms with van der Waals surface area (Å²) in [5, 5.41) is 9.03. The number of morpholine rings is 1. The average Bonchev–Trinajstić information content (AvgIpc) is 2.91. The maximum absolute atomic E-state index is 11.9. The maximum atomic E-state index is 11.9. The lowest BCUT2D eigenvalue weighted by Crippen LogP contribution is -2.35. The van der Waals surface area contributed by atoms with Crippen LogP contribution >= 0.6 is 12.4 Å². The van der Waals surface area contributed by atoms with Crippen molar-refractivity contribution in [1.29, 1.82) is 0 Å². The normalized spacial score (nSPS) is 22.0. The van der Waals surface area contributed by atoms with Gasteiger partial charge in [-0.25, -0.2) is 0 Å². The minimum Gasteiger partial charge on any atom is -0.481 e. The molecule has 6 nitrogen and oxygen atoms in total. The van der Waals surface area contributed by atoms with Gasteiger partial charge in [-0.2, -0.15) is 0 Å². The number of amides is 1. The average molecular weight is 341 g/mol. The van der Waals surface area contributed by atoms with E-state index in [9.17, 15) is 9.59 Å². The van der Waals surface area contributed by atoms with E-state index in [4.69, 9.17) is 9.84 Å². The molecule has 0 saturated carbocycles. The number of carboxylic acids is 1. The van der Waals surface area contributed by atoms with Crippen LogP contribution in [0.5, 0.6) is 0 Å². The first kappa shape index (κ1) is 17.7. The van der Waals surface area contributed by atoms with Crippen LogP contribution in [-0.4, -0.2) is 54.7 Å². The highest BCUT2D eigenvalue weighted by Crippen LogP contribution is 2.25. The lowest BCUT2D eigenvalue weighted by Gasteiger charge is -2.26. The fourth-order valence-corrected chi connectivity index (χ4v) is 2.92. The highest BCUT2D eigenvalue weighted by atomic mass is 35.5. The van der Waals surface area contributed by atoms with Crippen LogP contribution in [0.15, 0.2) is 24.3 Å². The molecule has 1 unspecified atom stereocenters. The predicted molar refractivity (Wildman–Crippen MR) is 87.9 cm³/mol. The lowest BCUT2D eigenvalue weighted by molar-refractivity contribution is -0.141. The quantitative estimate of drug-likeness (QED) is 0.896. The first-order chi connectivity index (χ1) is 10.6. The van der Waals surface area contributed by atoms with Crippen molar-refractivity contribution in [3.05, 3.63) is 29.8 Å². The molecule has 2 heterocycles. The summed E-state index contributed by atoms with van der Waals surface area (Å²) in [4.78, 5) is 26.8. The Bertz CT molecular complexity index is 558. The Morgan fingerprint density at radius 3 is 2.43 bits per heavy atom. The summed E-state index contributed by atoms with van der Waals surface area (Å²) in [7, 11) is 0. The number of carbonyl (C=O) groups is 2. The summed E-state index contributed by atoms with van der Waals surface area (Å²) in [6, 6.07) is 7.81. The summed E-state index contributed by atoms with van der Waals surface area (Å²) >= 11 is 0. The zero-order chi connectivity index (χ0) is 15.5. The third kappa shape index (κ3) is 4.22. The van der Waals surface area contributed by atoms with Crippen LogP contribution < -0.4 is 4.90 Å². The molecule has 0 aliphatic carbocycles. The molecule has 7 heteroatoms. The number of ether oxygens (including phenoxy) is 1. The zero-order valence-electron chi connectivity index (χ0n) is 12.8. The Morgan fingerprint density at radius 2 is 1.87 bits per heavy atom. The molecule has 0 spiro atoms. The number of nitrogens with zero attached hydrogens (tertiary/aromatic N) is 2. The number of hydrogen-bond acceptors (Lipinski definition) is 4. The van der Waals surface area contributed by atoms with E-state index < -0.39 is 11.9 Å². The summed E-state index contributed by atoms with van der Waals surface area (Å²) < 4.78 is 5.33. The van der Waals surface area contributed by atoms with Crippen LogP contribution in [0, 0.1) is 5.92 Å². The van der Waals surface area contributed by atoms with Gasteiger partial charge >= 0.3 is 5.97 Å². The number of halogens is 1. The van der Waals surface area contributed by atoms with Crippen LogP contribution in [0.4, 0.5) is 5.69 Å². The highest BCUT2D eigenvalue weighted by Gasteiger charge is 2.34. The van der Waals surface area contributed by atoms with Gasteiger partial charge in [0, 0.05) is 38.3 Å². The molecule has 23 heavy (non-hydrogen) atoms. The van der Waals surface area contributed by atoms with E-state index in [0.717, 1.165) is 38.5 Å². The molecule has 2 saturated heterocycles. The monoisotopic (exact) mass is 340 g/mol. The smallest absolute Gasteiger partial charge is 0.308 e. The van der Waals surface area contributed by atoms with Crippen LogP contribution in [0.25, 0.3) is 0 Å². The fraction of sp³-hybridized carbons (Fsp3) is 0.500. The first-order valence-electron chi connectivity index (χ1n) is 7.55. The van der Waals surface area contributed by atoms with Crippen molar-refractivity contribution in [2.45, 2.75) is 13.0 Å². The predicted octanol–water partition coefficient (Wildman–Crippen LogP) is 1.38. The summed E-state index contributed by atoms with van der Waals surface area (Å²) in [5.74, 6) is -1.62. The zero-order valence-corrected chi connectivity index (χ0v) is 13.6. The van der Waals surface area contributed by atoms with E-state index in [1.165, 1.54) is 5.56 Å². The number of benzene rings is 1. The van der Waals surface area contributed by atoms with E-state index >= 15 is 0 Å². The molecule has 1 N–H and O–H groups in total. The van der Waals surface area contributed by atoms with E-state index in [0.29, 0.717) is 0 Å². The molecule has 3 rings (SSSR count). The molecular formula is C16H21ClN2O4. The van der Waals surface area contributed by atoms with Crippen molar-refractivity contribution in [2.24, 2.45) is 5.92 Å². The first-order valence-corrected chi connectivity index (χ1v) is 7.55. The van der Waals surface area contributed by atoms with Gasteiger partial charge in [0.1, 0.15) is 0 Å². The molecule has 126 valence electrons. The Kier molecular flexibility index (Phi) is 5.98. The molecule has 0 aromatic heterocycles. The SMILES string of the molecule is Cl.O=C(O)C1CC(=O)N(c2ccc(CN3CCOCC3)cc2)C1. The Morgan fingerprint density at radius 1 is 1.22 bits per heavy atom. The fourth-order valence-electron chi connectivity index (χ4n) is 2.92. The second kappa shape index (κ2) is 7.77. The number of carbonyl (C=O) groups excluding carboxylic acids is 1. The van der Waals surface area contributed by atoms with Gasteiger partial charge in [0.2, 0.25) is 5.91 Å². The van der Waals surface area contributed by atoms with Crippen molar-refractivity contribution in [3.8, 4) is 0 Å². The minimum atomic E-state index is -0.903. The molecule has 2 fully saturated rings. The van der Waals surface area contributed by atoms with Crippen LogP contribution in [-0.2, 0) is 20.9 Å². The van der Waals surface area contributed by atoms with E-state index in [-0.39, 0.29) is 31.3 Å². The largest absolute Gasteiger partial charge is 0.481 e. The van der Waals surface area contributed by atoms with Crippen LogP contribution in [0.2, 0.25) is 0 Å². The summed E-state index contributed by atoms with van der Waals surface area (Å²) in [5.41, 5.74) is 1.96. The molecule has 0 bridgehead atoms. The molecule has 1 aromatic rings. The molecule has 2 aliphatic heterocycles. The lowest BCUT2D eigenvalue weighted by atomic mass is 10.1. The number of hydrogen-bond donors (Lipinski definition) is 1. The van der Waals surface area contributed by atoms with Gasteiger partial charge in [0.05, 0.1) is 19.1 Å². The second-order valence-corrected chi connectivity index (χ2v) is 5.80. The molecule has 2 aliphatic rings. The Hall–Kier alpha value is -1.63. The number of anilines is 1. The molecule has 1 atom stereocenters. The van der Waals surface area contributed by atoms with Gasteiger partial charge in [0.15, 0.2) is 0 Å². The number of carboxylic acid groups (broad SMARTS) is 1. The summed E-state index contributed by atoms with van der Waals surface area (Å²) in [6.45, 7) is 4.56. The Balaban J connectivity index is 0.00000192. The topological polar surface area (TPSA) is 70.1 Å². The van der Waals surface area contributed by atoms with Gasteiger partial charge in [-0.1, -0.05) is 12.1 Å². The highest BCUT2D eigenvalue weighted by molar-refractivity contribution is 5.99. The van der Waals surface area contributed by atoms with Gasteiger partial charge in [-0.3, -0.25) is 14.5 Å². The third-order valence-corrected chi connectivity index (χ3v) is 4.23. The van der Waals surface area contributed by atoms with Gasteiger partial charge in [-0.15, -0.1) is 12.4 Å².